The van der Waals surface area contributed by atoms with E-state index in [4.69, 9.17) is 9.47 Å². The highest BCUT2D eigenvalue weighted by Gasteiger charge is 2.32. The first kappa shape index (κ1) is 17.1. The van der Waals surface area contributed by atoms with Crippen LogP contribution in [0.1, 0.15) is 16.5 Å². The van der Waals surface area contributed by atoms with Gasteiger partial charge in [-0.1, -0.05) is 24.3 Å². The van der Waals surface area contributed by atoms with Crippen molar-refractivity contribution < 1.29 is 18.7 Å². The van der Waals surface area contributed by atoms with Crippen molar-refractivity contribution in [3.05, 3.63) is 58.0 Å². The van der Waals surface area contributed by atoms with Crippen LogP contribution < -0.4 is 0 Å². The monoisotopic (exact) mass is 349 g/mol. The largest absolute Gasteiger partial charge is 0.464 e. The minimum absolute atomic E-state index is 0.300. The summed E-state index contributed by atoms with van der Waals surface area (Å²) in [4.78, 5) is 15.7. The molecule has 0 saturated carbocycles. The Morgan fingerprint density at radius 3 is 2.75 bits per heavy atom. The molecule has 1 atom stereocenters. The fourth-order valence-corrected chi connectivity index (χ4v) is 3.48. The number of benzene rings is 1. The van der Waals surface area contributed by atoms with Gasteiger partial charge in [0.1, 0.15) is 11.9 Å². The molecule has 0 N–H and O–H groups in total. The maximum absolute atomic E-state index is 14.2. The number of hydrogen-bond acceptors (Lipinski definition) is 5. The predicted molar refractivity (Wildman–Crippen MR) is 90.5 cm³/mol. The average Bonchev–Trinajstić information content (AvgIpc) is 3.11. The van der Waals surface area contributed by atoms with Gasteiger partial charge in [0.2, 0.25) is 0 Å². The summed E-state index contributed by atoms with van der Waals surface area (Å²) in [5.74, 6) is -0.789. The Balaban J connectivity index is 1.71. The van der Waals surface area contributed by atoms with Crippen LogP contribution in [0, 0.1) is 5.82 Å². The molecule has 24 heavy (non-hydrogen) atoms. The molecule has 6 heteroatoms. The van der Waals surface area contributed by atoms with Crippen molar-refractivity contribution in [1.82, 2.24) is 4.90 Å². The second-order valence-corrected chi connectivity index (χ2v) is 6.60. The number of hydrogen-bond donors (Lipinski definition) is 0. The lowest BCUT2D eigenvalue weighted by molar-refractivity contribution is -0.152. The molecule has 1 fully saturated rings. The zero-order valence-electron chi connectivity index (χ0n) is 13.3. The molecule has 1 aliphatic heterocycles. The number of nitrogens with zero attached hydrogens (tertiary/aromatic N) is 1. The molecule has 0 radical (unpaired) electrons. The third-order valence-electron chi connectivity index (χ3n) is 4.01. The molecule has 1 aromatic carbocycles. The highest BCUT2D eigenvalue weighted by Crippen LogP contribution is 2.26. The van der Waals surface area contributed by atoms with Crippen LogP contribution in [0.15, 0.2) is 41.8 Å². The van der Waals surface area contributed by atoms with Gasteiger partial charge in [0.25, 0.3) is 0 Å². The normalized spacial score (nSPS) is 16.7. The minimum atomic E-state index is -0.724. The molecule has 128 valence electrons. The van der Waals surface area contributed by atoms with Crippen LogP contribution in [0.2, 0.25) is 0 Å². The molecule has 0 amide bonds. The molecule has 4 nitrogen and oxygen atoms in total. The van der Waals surface area contributed by atoms with Gasteiger partial charge in [0, 0.05) is 30.0 Å². The molecule has 2 heterocycles. The molecule has 3 rings (SSSR count). The molecular weight excluding hydrogens is 329 g/mol. The number of halogens is 1. The van der Waals surface area contributed by atoms with Crippen LogP contribution in [0.5, 0.6) is 0 Å². The van der Waals surface area contributed by atoms with E-state index in [2.05, 4.69) is 0 Å². The van der Waals surface area contributed by atoms with E-state index in [9.17, 15) is 9.18 Å². The number of esters is 1. The summed E-state index contributed by atoms with van der Waals surface area (Å²) in [5, 5.41) is 1.99. The Hall–Kier alpha value is -1.76. The van der Waals surface area contributed by atoms with Crippen molar-refractivity contribution in [2.45, 2.75) is 12.5 Å². The number of ether oxygens (including phenoxy) is 2. The second kappa shape index (κ2) is 8.37. The maximum Gasteiger partial charge on any atom is 0.328 e. The van der Waals surface area contributed by atoms with Crippen LogP contribution in [-0.2, 0) is 20.7 Å². The van der Waals surface area contributed by atoms with Gasteiger partial charge in [-0.25, -0.2) is 9.18 Å². The molecule has 0 bridgehead atoms. The van der Waals surface area contributed by atoms with Crippen molar-refractivity contribution in [2.75, 3.05) is 32.9 Å². The fraction of sp³-hybridized carbons (Fsp3) is 0.389. The summed E-state index contributed by atoms with van der Waals surface area (Å²) in [6.45, 7) is 2.54. The first-order valence-electron chi connectivity index (χ1n) is 8.01. The van der Waals surface area contributed by atoms with Gasteiger partial charge in [-0.3, -0.25) is 4.90 Å². The zero-order valence-corrected chi connectivity index (χ0v) is 14.1. The third-order valence-corrected chi connectivity index (χ3v) is 4.94. The van der Waals surface area contributed by atoms with E-state index in [0.29, 0.717) is 44.9 Å². The Morgan fingerprint density at radius 2 is 2.04 bits per heavy atom. The summed E-state index contributed by atoms with van der Waals surface area (Å²) < 4.78 is 25.0. The van der Waals surface area contributed by atoms with Crippen LogP contribution >= 0.6 is 11.3 Å². The van der Waals surface area contributed by atoms with Crippen molar-refractivity contribution in [1.29, 1.82) is 0 Å². The number of morpholine rings is 1. The summed E-state index contributed by atoms with van der Waals surface area (Å²) in [6, 6.07) is 9.64. The molecular formula is C18H20FNO3S. The zero-order chi connectivity index (χ0) is 16.8. The Morgan fingerprint density at radius 1 is 1.25 bits per heavy atom. The average molecular weight is 349 g/mol. The van der Waals surface area contributed by atoms with Gasteiger partial charge >= 0.3 is 5.97 Å². The SMILES string of the molecule is O=C(OCCc1cccs1)C(c1ccccc1F)N1CCOCC1. The molecule has 0 spiro atoms. The number of rotatable bonds is 6. The van der Waals surface area contributed by atoms with Crippen molar-refractivity contribution in [3.8, 4) is 0 Å². The third kappa shape index (κ3) is 4.20. The van der Waals surface area contributed by atoms with Crippen LogP contribution in [-0.4, -0.2) is 43.8 Å². The van der Waals surface area contributed by atoms with Crippen LogP contribution in [0.3, 0.4) is 0 Å². The van der Waals surface area contributed by atoms with Gasteiger partial charge in [0.05, 0.1) is 19.8 Å². The van der Waals surface area contributed by atoms with Crippen LogP contribution in [0.25, 0.3) is 0 Å². The molecule has 1 aromatic heterocycles. The topological polar surface area (TPSA) is 38.8 Å². The Labute approximate surface area is 144 Å². The first-order valence-corrected chi connectivity index (χ1v) is 8.89. The van der Waals surface area contributed by atoms with Gasteiger partial charge in [-0.05, 0) is 17.5 Å². The van der Waals surface area contributed by atoms with E-state index < -0.39 is 12.0 Å². The molecule has 1 unspecified atom stereocenters. The standard InChI is InChI=1S/C18H20FNO3S/c19-16-6-2-1-5-15(16)17(20-8-11-22-12-9-20)18(21)23-10-7-14-4-3-13-24-14/h1-6,13,17H,7-12H2. The quantitative estimate of drug-likeness (QED) is 0.752. The minimum Gasteiger partial charge on any atom is -0.464 e. The first-order chi connectivity index (χ1) is 11.8. The smallest absolute Gasteiger partial charge is 0.328 e. The lowest BCUT2D eigenvalue weighted by atomic mass is 10.0. The fourth-order valence-electron chi connectivity index (χ4n) is 2.79. The number of carbonyl (C=O) groups excluding carboxylic acids is 1. The van der Waals surface area contributed by atoms with E-state index >= 15 is 0 Å². The van der Waals surface area contributed by atoms with Gasteiger partial charge < -0.3 is 9.47 Å². The summed E-state index contributed by atoms with van der Waals surface area (Å²) >= 11 is 1.63. The van der Waals surface area contributed by atoms with E-state index in [1.165, 1.54) is 6.07 Å². The summed E-state index contributed by atoms with van der Waals surface area (Å²) in [7, 11) is 0. The number of thiophene rings is 1. The molecule has 1 aliphatic rings. The summed E-state index contributed by atoms with van der Waals surface area (Å²) in [5.41, 5.74) is 0.362. The van der Waals surface area contributed by atoms with E-state index in [-0.39, 0.29) is 5.82 Å². The Bertz CT molecular complexity index is 656. The number of carbonyl (C=O) groups is 1. The van der Waals surface area contributed by atoms with Gasteiger partial charge in [0.15, 0.2) is 0 Å². The lowest BCUT2D eigenvalue weighted by Gasteiger charge is -2.33. The highest BCUT2D eigenvalue weighted by molar-refractivity contribution is 7.09. The maximum atomic E-state index is 14.2. The second-order valence-electron chi connectivity index (χ2n) is 5.57. The Kier molecular flexibility index (Phi) is 5.96. The molecule has 2 aromatic rings. The van der Waals surface area contributed by atoms with E-state index in [0.717, 1.165) is 4.88 Å². The molecule has 0 aliphatic carbocycles. The highest BCUT2D eigenvalue weighted by atomic mass is 32.1. The lowest BCUT2D eigenvalue weighted by Crippen LogP contribution is -2.43. The summed E-state index contributed by atoms with van der Waals surface area (Å²) in [6.07, 6.45) is 0.677. The van der Waals surface area contributed by atoms with Crippen molar-refractivity contribution in [3.63, 3.8) is 0 Å². The van der Waals surface area contributed by atoms with Crippen LogP contribution in [0.4, 0.5) is 4.39 Å². The van der Waals surface area contributed by atoms with E-state index in [1.807, 2.05) is 22.4 Å². The van der Waals surface area contributed by atoms with Crippen molar-refractivity contribution in [2.24, 2.45) is 0 Å². The van der Waals surface area contributed by atoms with Gasteiger partial charge in [-0.2, -0.15) is 0 Å². The van der Waals surface area contributed by atoms with Crippen molar-refractivity contribution >= 4 is 17.3 Å². The van der Waals surface area contributed by atoms with E-state index in [1.54, 1.807) is 29.5 Å². The molecule has 1 saturated heterocycles. The predicted octanol–water partition coefficient (Wildman–Crippen LogP) is 3.05. The van der Waals surface area contributed by atoms with Gasteiger partial charge in [-0.15, -0.1) is 11.3 Å².